The summed E-state index contributed by atoms with van der Waals surface area (Å²) in [7, 11) is 0. The summed E-state index contributed by atoms with van der Waals surface area (Å²) in [6, 6.07) is 9.10. The highest BCUT2D eigenvalue weighted by Gasteiger charge is 2.58. The van der Waals surface area contributed by atoms with Gasteiger partial charge in [-0.1, -0.05) is 29.8 Å². The Bertz CT molecular complexity index is 748. The van der Waals surface area contributed by atoms with E-state index in [1.165, 1.54) is 22.5 Å². The molecule has 3 heteroatoms. The van der Waals surface area contributed by atoms with Crippen LogP contribution in [-0.2, 0) is 10.2 Å². The van der Waals surface area contributed by atoms with Crippen molar-refractivity contribution >= 4 is 12.0 Å². The number of hydrogen-bond donors (Lipinski definition) is 1. The summed E-state index contributed by atoms with van der Waals surface area (Å²) in [6.45, 7) is 4.28. The molecule has 22 heavy (non-hydrogen) atoms. The minimum absolute atomic E-state index is 0.0493. The fourth-order valence-electron chi connectivity index (χ4n) is 5.38. The molecule has 0 amide bonds. The van der Waals surface area contributed by atoms with Gasteiger partial charge in [0.15, 0.2) is 0 Å². The van der Waals surface area contributed by atoms with Crippen molar-refractivity contribution in [3.8, 4) is 0 Å². The number of para-hydroxylation sites is 1. The number of fused-ring (bicyclic) bond motifs is 1. The summed E-state index contributed by atoms with van der Waals surface area (Å²) in [5.41, 5.74) is 6.28. The predicted octanol–water partition coefficient (Wildman–Crippen LogP) is 2.86. The SMILES string of the molecule is CC=C1CN2CC[C@]34C[C@H]2C1C(C=O)=C3Nc1ccccc14. The first-order valence-electron chi connectivity index (χ1n) is 8.24. The van der Waals surface area contributed by atoms with E-state index in [0.29, 0.717) is 12.0 Å². The summed E-state index contributed by atoms with van der Waals surface area (Å²) in [6.07, 6.45) is 5.61. The summed E-state index contributed by atoms with van der Waals surface area (Å²) >= 11 is 0. The molecule has 4 aliphatic rings. The van der Waals surface area contributed by atoms with Crippen molar-refractivity contribution < 1.29 is 4.79 Å². The summed E-state index contributed by atoms with van der Waals surface area (Å²) in [5, 5.41) is 3.61. The van der Waals surface area contributed by atoms with Gasteiger partial charge >= 0.3 is 0 Å². The molecule has 1 spiro atoms. The predicted molar refractivity (Wildman–Crippen MR) is 86.7 cm³/mol. The number of allylic oxidation sites excluding steroid dienone is 2. The molecule has 3 aliphatic heterocycles. The van der Waals surface area contributed by atoms with Crippen LogP contribution in [0.25, 0.3) is 0 Å². The third-order valence-corrected chi connectivity index (χ3v) is 6.32. The van der Waals surface area contributed by atoms with E-state index in [1.54, 1.807) is 0 Å². The number of nitrogens with one attached hydrogen (secondary N) is 1. The van der Waals surface area contributed by atoms with E-state index >= 15 is 0 Å². The van der Waals surface area contributed by atoms with Crippen molar-refractivity contribution in [2.24, 2.45) is 5.92 Å². The van der Waals surface area contributed by atoms with Crippen LogP contribution in [0.5, 0.6) is 0 Å². The average molecular weight is 292 g/mol. The molecule has 2 bridgehead atoms. The molecule has 112 valence electrons. The van der Waals surface area contributed by atoms with Gasteiger partial charge < -0.3 is 5.32 Å². The highest BCUT2D eigenvalue weighted by atomic mass is 16.1. The molecule has 0 aromatic heterocycles. The first-order valence-corrected chi connectivity index (χ1v) is 8.24. The standard InChI is InChI=1S/C19H20N2O/c1-2-12-10-21-8-7-19-9-16(21)17(12)13(11-22)18(19)20-15-6-4-3-5-14(15)19/h2-6,11,16-17,20H,7-10H2,1H3/t16-,17?,19+/m0/s1. The Kier molecular flexibility index (Phi) is 2.36. The van der Waals surface area contributed by atoms with Gasteiger partial charge in [0.1, 0.15) is 6.29 Å². The molecule has 1 N–H and O–H groups in total. The number of anilines is 1. The fraction of sp³-hybridized carbons (Fsp3) is 0.421. The molecule has 1 aliphatic carbocycles. The van der Waals surface area contributed by atoms with Crippen LogP contribution in [0.4, 0.5) is 5.69 Å². The van der Waals surface area contributed by atoms with E-state index in [0.717, 1.165) is 37.8 Å². The number of nitrogens with zero attached hydrogens (tertiary/aromatic N) is 1. The minimum Gasteiger partial charge on any atom is -0.358 e. The zero-order valence-corrected chi connectivity index (χ0v) is 12.8. The first-order chi connectivity index (χ1) is 10.8. The molecule has 2 saturated heterocycles. The molecule has 3 heterocycles. The number of benzene rings is 1. The lowest BCUT2D eigenvalue weighted by atomic mass is 9.62. The Morgan fingerprint density at radius 3 is 3.05 bits per heavy atom. The van der Waals surface area contributed by atoms with Gasteiger partial charge in [-0.15, -0.1) is 0 Å². The van der Waals surface area contributed by atoms with E-state index in [1.807, 2.05) is 0 Å². The van der Waals surface area contributed by atoms with E-state index in [9.17, 15) is 4.79 Å². The largest absolute Gasteiger partial charge is 0.358 e. The number of hydrogen-bond acceptors (Lipinski definition) is 3. The van der Waals surface area contributed by atoms with Crippen molar-refractivity contribution in [2.75, 3.05) is 18.4 Å². The molecule has 1 aromatic carbocycles. The van der Waals surface area contributed by atoms with E-state index in [2.05, 4.69) is 47.5 Å². The van der Waals surface area contributed by atoms with Crippen molar-refractivity contribution in [3.05, 3.63) is 52.7 Å². The Morgan fingerprint density at radius 2 is 2.23 bits per heavy atom. The second-order valence-electron chi connectivity index (χ2n) is 7.03. The maximum atomic E-state index is 12.0. The Hall–Kier alpha value is -1.87. The van der Waals surface area contributed by atoms with Crippen LogP contribution >= 0.6 is 0 Å². The van der Waals surface area contributed by atoms with E-state index in [-0.39, 0.29) is 5.41 Å². The van der Waals surface area contributed by atoms with Crippen molar-refractivity contribution in [3.63, 3.8) is 0 Å². The van der Waals surface area contributed by atoms with Crippen LogP contribution in [0.2, 0.25) is 0 Å². The normalized spacial score (nSPS) is 37.0. The second kappa shape index (κ2) is 4.11. The number of carbonyl (C=O) groups is 1. The van der Waals surface area contributed by atoms with Gasteiger partial charge in [0.05, 0.1) is 0 Å². The monoisotopic (exact) mass is 292 g/mol. The van der Waals surface area contributed by atoms with Gasteiger partial charge in [-0.05, 0) is 31.4 Å². The molecule has 1 unspecified atom stereocenters. The maximum Gasteiger partial charge on any atom is 0.148 e. The highest BCUT2D eigenvalue weighted by Crippen LogP contribution is 2.59. The number of aldehydes is 1. The van der Waals surface area contributed by atoms with Crippen LogP contribution in [0.3, 0.4) is 0 Å². The van der Waals surface area contributed by atoms with E-state index < -0.39 is 0 Å². The van der Waals surface area contributed by atoms with E-state index in [4.69, 9.17) is 0 Å². The Morgan fingerprint density at radius 1 is 1.36 bits per heavy atom. The number of carbonyl (C=O) groups excluding carboxylic acids is 1. The number of rotatable bonds is 1. The van der Waals surface area contributed by atoms with Crippen LogP contribution < -0.4 is 5.32 Å². The summed E-state index contributed by atoms with van der Waals surface area (Å²) < 4.78 is 0. The molecule has 5 rings (SSSR count). The third-order valence-electron chi connectivity index (χ3n) is 6.32. The molecule has 3 atom stereocenters. The highest BCUT2D eigenvalue weighted by molar-refractivity contribution is 5.84. The van der Waals surface area contributed by atoms with Crippen LogP contribution in [-0.4, -0.2) is 30.3 Å². The molecule has 0 radical (unpaired) electrons. The fourth-order valence-corrected chi connectivity index (χ4v) is 5.38. The van der Waals surface area contributed by atoms with Gasteiger partial charge in [-0.3, -0.25) is 9.69 Å². The minimum atomic E-state index is 0.0493. The molecular weight excluding hydrogens is 272 g/mol. The van der Waals surface area contributed by atoms with Crippen LogP contribution in [0.15, 0.2) is 47.2 Å². The molecule has 2 fully saturated rings. The summed E-state index contributed by atoms with van der Waals surface area (Å²) in [4.78, 5) is 14.6. The average Bonchev–Trinajstić information content (AvgIpc) is 3.08. The van der Waals surface area contributed by atoms with Gasteiger partial charge in [0, 0.05) is 47.4 Å². The number of piperidine rings is 1. The topological polar surface area (TPSA) is 32.3 Å². The van der Waals surface area contributed by atoms with Gasteiger partial charge in [-0.2, -0.15) is 0 Å². The van der Waals surface area contributed by atoms with Gasteiger partial charge in [0.25, 0.3) is 0 Å². The molecule has 1 aromatic rings. The van der Waals surface area contributed by atoms with Crippen LogP contribution in [0, 0.1) is 5.92 Å². The maximum absolute atomic E-state index is 12.0. The zero-order chi connectivity index (χ0) is 14.9. The molecule has 0 saturated carbocycles. The summed E-state index contributed by atoms with van der Waals surface area (Å²) in [5.74, 6) is 0.299. The second-order valence-corrected chi connectivity index (χ2v) is 7.03. The van der Waals surface area contributed by atoms with Crippen molar-refractivity contribution in [1.29, 1.82) is 0 Å². The quantitative estimate of drug-likeness (QED) is 0.638. The van der Waals surface area contributed by atoms with Gasteiger partial charge in [-0.25, -0.2) is 0 Å². The van der Waals surface area contributed by atoms with Crippen molar-refractivity contribution in [1.82, 2.24) is 4.90 Å². The lowest BCUT2D eigenvalue weighted by molar-refractivity contribution is -0.105. The smallest absolute Gasteiger partial charge is 0.148 e. The lowest BCUT2D eigenvalue weighted by Gasteiger charge is -2.48. The Labute approximate surface area is 130 Å². The van der Waals surface area contributed by atoms with Gasteiger partial charge in [0.2, 0.25) is 0 Å². The first kappa shape index (κ1) is 12.7. The zero-order valence-electron chi connectivity index (χ0n) is 12.8. The molecule has 3 nitrogen and oxygen atoms in total. The molecular formula is C19H20N2O. The van der Waals surface area contributed by atoms with Crippen LogP contribution in [0.1, 0.15) is 25.3 Å². The third kappa shape index (κ3) is 1.29. The van der Waals surface area contributed by atoms with Crippen molar-refractivity contribution in [2.45, 2.75) is 31.2 Å². The lowest BCUT2D eigenvalue weighted by Crippen LogP contribution is -2.52. The Balaban J connectivity index is 1.80.